The van der Waals surface area contributed by atoms with Gasteiger partial charge in [-0.1, -0.05) is 36.4 Å². The maximum absolute atomic E-state index is 12.4. The average Bonchev–Trinajstić information content (AvgIpc) is 3.20. The molecule has 0 radical (unpaired) electrons. The number of hydrogen-bond acceptors (Lipinski definition) is 4. The van der Waals surface area contributed by atoms with Crippen LogP contribution in [0.2, 0.25) is 0 Å². The van der Waals surface area contributed by atoms with Crippen LogP contribution in [0.4, 0.5) is 0 Å². The van der Waals surface area contributed by atoms with Crippen LogP contribution in [-0.2, 0) is 0 Å². The zero-order valence-electron chi connectivity index (χ0n) is 13.7. The number of pyridine rings is 1. The van der Waals surface area contributed by atoms with Crippen molar-refractivity contribution in [1.29, 1.82) is 0 Å². The van der Waals surface area contributed by atoms with Crippen LogP contribution < -0.4 is 5.32 Å². The molecule has 0 bridgehead atoms. The molecule has 2 heterocycles. The van der Waals surface area contributed by atoms with Crippen LogP contribution in [0.15, 0.2) is 67.0 Å². The number of nitrogens with one attached hydrogen (secondary N) is 1. The van der Waals surface area contributed by atoms with E-state index in [1.54, 1.807) is 41.3 Å². The number of aliphatic hydroxyl groups excluding tert-OH is 1. The van der Waals surface area contributed by atoms with Crippen LogP contribution in [-0.4, -0.2) is 38.9 Å². The third-order valence-corrected chi connectivity index (χ3v) is 3.96. The Bertz CT molecular complexity index is 803. The van der Waals surface area contributed by atoms with Gasteiger partial charge >= 0.3 is 0 Å². The van der Waals surface area contributed by atoms with Gasteiger partial charge in [0, 0.05) is 31.5 Å². The molecule has 6 nitrogen and oxygen atoms in total. The maximum Gasteiger partial charge on any atom is 0.269 e. The van der Waals surface area contributed by atoms with Crippen molar-refractivity contribution in [2.75, 3.05) is 13.2 Å². The monoisotopic (exact) mass is 336 g/mol. The molecule has 0 fully saturated rings. The summed E-state index contributed by atoms with van der Waals surface area (Å²) in [6, 6.07) is 16.9. The van der Waals surface area contributed by atoms with Gasteiger partial charge in [0.2, 0.25) is 0 Å². The molecule has 0 saturated heterocycles. The number of benzene rings is 1. The lowest BCUT2D eigenvalue weighted by molar-refractivity contribution is 0.0944. The number of aliphatic hydroxyl groups is 1. The Labute approximate surface area is 146 Å². The molecule has 0 saturated carbocycles. The van der Waals surface area contributed by atoms with Crippen LogP contribution in [0.25, 0.3) is 5.82 Å². The van der Waals surface area contributed by atoms with Gasteiger partial charge in [-0.15, -0.1) is 0 Å². The van der Waals surface area contributed by atoms with Crippen molar-refractivity contribution in [3.8, 4) is 5.82 Å². The second-order valence-corrected chi connectivity index (χ2v) is 5.66. The SMILES string of the molecule is O=C(NCC(CCO)c1ccccc1)c1cccc(-n2cccn2)n1. The molecule has 128 valence electrons. The predicted molar refractivity (Wildman–Crippen MR) is 94.6 cm³/mol. The van der Waals surface area contributed by atoms with Crippen molar-refractivity contribution in [2.24, 2.45) is 0 Å². The zero-order chi connectivity index (χ0) is 17.5. The Morgan fingerprint density at radius 2 is 1.96 bits per heavy atom. The van der Waals surface area contributed by atoms with Crippen LogP contribution in [0, 0.1) is 0 Å². The summed E-state index contributed by atoms with van der Waals surface area (Å²) in [4.78, 5) is 16.8. The minimum atomic E-state index is -0.243. The van der Waals surface area contributed by atoms with Crippen molar-refractivity contribution in [2.45, 2.75) is 12.3 Å². The van der Waals surface area contributed by atoms with E-state index in [-0.39, 0.29) is 18.4 Å². The highest BCUT2D eigenvalue weighted by Crippen LogP contribution is 2.18. The second-order valence-electron chi connectivity index (χ2n) is 5.66. The summed E-state index contributed by atoms with van der Waals surface area (Å²) in [5, 5.41) is 16.3. The van der Waals surface area contributed by atoms with Crippen molar-refractivity contribution in [3.63, 3.8) is 0 Å². The van der Waals surface area contributed by atoms with Crippen LogP contribution in [0.3, 0.4) is 0 Å². The summed E-state index contributed by atoms with van der Waals surface area (Å²) in [5.41, 5.74) is 1.43. The fraction of sp³-hybridized carbons (Fsp3) is 0.211. The van der Waals surface area contributed by atoms with Crippen molar-refractivity contribution in [3.05, 3.63) is 78.2 Å². The molecule has 0 spiro atoms. The molecule has 0 aliphatic rings. The van der Waals surface area contributed by atoms with Crippen molar-refractivity contribution in [1.82, 2.24) is 20.1 Å². The van der Waals surface area contributed by atoms with E-state index in [0.717, 1.165) is 5.56 Å². The number of carbonyl (C=O) groups excluding carboxylic acids is 1. The minimum Gasteiger partial charge on any atom is -0.396 e. The maximum atomic E-state index is 12.4. The predicted octanol–water partition coefficient (Wildman–Crippen LogP) is 2.16. The zero-order valence-corrected chi connectivity index (χ0v) is 13.7. The highest BCUT2D eigenvalue weighted by molar-refractivity contribution is 5.92. The highest BCUT2D eigenvalue weighted by atomic mass is 16.3. The van der Waals surface area contributed by atoms with E-state index >= 15 is 0 Å². The van der Waals surface area contributed by atoms with Gasteiger partial charge in [-0.2, -0.15) is 5.10 Å². The first kappa shape index (κ1) is 16.9. The molecule has 0 aliphatic heterocycles. The summed E-state index contributed by atoms with van der Waals surface area (Å²) in [5.74, 6) is 0.407. The van der Waals surface area contributed by atoms with E-state index < -0.39 is 0 Å². The number of amides is 1. The number of aromatic nitrogens is 3. The number of rotatable bonds is 7. The van der Waals surface area contributed by atoms with Gasteiger partial charge in [-0.05, 0) is 30.2 Å². The molecule has 1 aromatic carbocycles. The molecule has 1 amide bonds. The first-order valence-corrected chi connectivity index (χ1v) is 8.19. The van der Waals surface area contributed by atoms with E-state index in [4.69, 9.17) is 0 Å². The third kappa shape index (κ3) is 4.30. The molecule has 2 aromatic heterocycles. The smallest absolute Gasteiger partial charge is 0.269 e. The lowest BCUT2D eigenvalue weighted by Gasteiger charge is -2.17. The number of hydrogen-bond donors (Lipinski definition) is 2. The molecule has 6 heteroatoms. The summed E-state index contributed by atoms with van der Waals surface area (Å²) in [6.45, 7) is 0.513. The van der Waals surface area contributed by atoms with E-state index in [1.165, 1.54) is 0 Å². The van der Waals surface area contributed by atoms with Crippen LogP contribution in [0.5, 0.6) is 0 Å². The van der Waals surface area contributed by atoms with Crippen molar-refractivity contribution < 1.29 is 9.90 Å². The molecular formula is C19H20N4O2. The minimum absolute atomic E-state index is 0.0597. The Balaban J connectivity index is 1.68. The molecule has 1 atom stereocenters. The standard InChI is InChI=1S/C19H20N4O2/c24-13-10-16(15-6-2-1-3-7-15)14-20-19(25)17-8-4-9-18(22-17)23-12-5-11-21-23/h1-9,11-12,16,24H,10,13-14H2,(H,20,25). The molecule has 0 aliphatic carbocycles. The van der Waals surface area contributed by atoms with Crippen molar-refractivity contribution >= 4 is 5.91 Å². The van der Waals surface area contributed by atoms with E-state index in [1.807, 2.05) is 30.3 Å². The van der Waals surface area contributed by atoms with Gasteiger partial charge < -0.3 is 10.4 Å². The number of nitrogens with zero attached hydrogens (tertiary/aromatic N) is 3. The van der Waals surface area contributed by atoms with E-state index in [0.29, 0.717) is 24.5 Å². The summed E-state index contributed by atoms with van der Waals surface area (Å²) in [6.07, 6.45) is 4.02. The fourth-order valence-corrected chi connectivity index (χ4v) is 2.66. The Morgan fingerprint density at radius 1 is 1.12 bits per heavy atom. The second kappa shape index (κ2) is 8.21. The van der Waals surface area contributed by atoms with E-state index in [9.17, 15) is 9.90 Å². The van der Waals surface area contributed by atoms with Gasteiger partial charge in [0.1, 0.15) is 5.69 Å². The first-order valence-electron chi connectivity index (χ1n) is 8.19. The Hall–Kier alpha value is -2.99. The lowest BCUT2D eigenvalue weighted by Crippen LogP contribution is -2.29. The highest BCUT2D eigenvalue weighted by Gasteiger charge is 2.14. The molecule has 1 unspecified atom stereocenters. The lowest BCUT2D eigenvalue weighted by atomic mass is 9.96. The van der Waals surface area contributed by atoms with Gasteiger partial charge in [0.05, 0.1) is 0 Å². The Kier molecular flexibility index (Phi) is 5.53. The largest absolute Gasteiger partial charge is 0.396 e. The van der Waals surface area contributed by atoms with Gasteiger partial charge in [0.25, 0.3) is 5.91 Å². The summed E-state index contributed by atoms with van der Waals surface area (Å²) >= 11 is 0. The molecular weight excluding hydrogens is 316 g/mol. The fourth-order valence-electron chi connectivity index (χ4n) is 2.66. The topological polar surface area (TPSA) is 80.0 Å². The molecule has 3 aromatic rings. The van der Waals surface area contributed by atoms with Crippen LogP contribution in [0.1, 0.15) is 28.4 Å². The van der Waals surface area contributed by atoms with E-state index in [2.05, 4.69) is 15.4 Å². The third-order valence-electron chi connectivity index (χ3n) is 3.96. The quantitative estimate of drug-likeness (QED) is 0.693. The molecule has 2 N–H and O–H groups in total. The molecule has 25 heavy (non-hydrogen) atoms. The summed E-state index contributed by atoms with van der Waals surface area (Å²) < 4.78 is 1.61. The van der Waals surface area contributed by atoms with Gasteiger partial charge in [-0.3, -0.25) is 4.79 Å². The van der Waals surface area contributed by atoms with Gasteiger partial charge in [0.15, 0.2) is 5.82 Å². The average molecular weight is 336 g/mol. The van der Waals surface area contributed by atoms with Crippen LogP contribution >= 0.6 is 0 Å². The van der Waals surface area contributed by atoms with Gasteiger partial charge in [-0.25, -0.2) is 9.67 Å². The molecule has 3 rings (SSSR count). The summed E-state index contributed by atoms with van der Waals surface area (Å²) in [7, 11) is 0. The first-order chi connectivity index (χ1) is 12.3. The Morgan fingerprint density at radius 3 is 2.68 bits per heavy atom. The number of carbonyl (C=O) groups is 1. The normalized spacial score (nSPS) is 11.9.